The number of aliphatic hydroxyl groups is 1. The van der Waals surface area contributed by atoms with Gasteiger partial charge in [-0.15, -0.1) is 0 Å². The highest BCUT2D eigenvalue weighted by Crippen LogP contribution is 2.45. The van der Waals surface area contributed by atoms with Crippen molar-refractivity contribution in [3.63, 3.8) is 0 Å². The molecule has 0 aromatic carbocycles. The zero-order valence-corrected chi connectivity index (χ0v) is 60.6. The number of ether oxygens (including phenoxy) is 4. The zero-order chi connectivity index (χ0) is 67.3. The number of aliphatic hydroxyl groups excluding tert-OH is 1. The summed E-state index contributed by atoms with van der Waals surface area (Å²) in [5, 5.41) is 10.6. The molecule has 0 heterocycles. The summed E-state index contributed by atoms with van der Waals surface area (Å²) in [6, 6.07) is 0. The maximum absolute atomic E-state index is 13.0. The van der Waals surface area contributed by atoms with Gasteiger partial charge in [-0.3, -0.25) is 37.3 Å². The maximum Gasteiger partial charge on any atom is 0.472 e. The summed E-state index contributed by atoms with van der Waals surface area (Å²) in [4.78, 5) is 72.6. The molecule has 0 bridgehead atoms. The van der Waals surface area contributed by atoms with Crippen LogP contribution in [-0.2, 0) is 65.4 Å². The van der Waals surface area contributed by atoms with Gasteiger partial charge in [0.25, 0.3) is 0 Å². The van der Waals surface area contributed by atoms with E-state index in [-0.39, 0.29) is 25.7 Å². The number of unbranched alkanes of at least 4 members (excludes halogenated alkanes) is 32. The van der Waals surface area contributed by atoms with Gasteiger partial charge in [-0.25, -0.2) is 9.13 Å². The number of phosphoric ester groups is 2. The first-order valence-corrected chi connectivity index (χ1v) is 39.7. The molecule has 0 spiro atoms. The summed E-state index contributed by atoms with van der Waals surface area (Å²) < 4.78 is 68.3. The van der Waals surface area contributed by atoms with E-state index in [2.05, 4.69) is 72.8 Å². The van der Waals surface area contributed by atoms with E-state index in [9.17, 15) is 43.2 Å². The molecule has 536 valence electrons. The van der Waals surface area contributed by atoms with Crippen LogP contribution >= 0.6 is 15.6 Å². The molecule has 0 aliphatic carbocycles. The van der Waals surface area contributed by atoms with E-state index in [1.165, 1.54) is 122 Å². The third-order valence-electron chi connectivity index (χ3n) is 16.4. The first-order chi connectivity index (χ1) is 43.8. The number of rotatable bonds is 68. The predicted octanol–water partition coefficient (Wildman–Crippen LogP) is 20.2. The highest BCUT2D eigenvalue weighted by molar-refractivity contribution is 7.47. The van der Waals surface area contributed by atoms with Gasteiger partial charge in [0.05, 0.1) is 26.4 Å². The second-order valence-electron chi connectivity index (χ2n) is 26.5. The van der Waals surface area contributed by atoms with Crippen LogP contribution in [0.1, 0.15) is 337 Å². The van der Waals surface area contributed by atoms with Crippen molar-refractivity contribution in [1.82, 2.24) is 0 Å². The average Bonchev–Trinajstić information content (AvgIpc) is 3.72. The summed E-state index contributed by atoms with van der Waals surface area (Å²) in [5.41, 5.74) is 0. The molecule has 0 rings (SSSR count). The number of phosphoric acid groups is 2. The molecular weight excluding hydrogens is 1200 g/mol. The quantitative estimate of drug-likeness (QED) is 0.0169. The minimum Gasteiger partial charge on any atom is -0.462 e. The van der Waals surface area contributed by atoms with Crippen LogP contribution in [0.3, 0.4) is 0 Å². The van der Waals surface area contributed by atoms with E-state index in [4.69, 9.17) is 37.0 Å². The van der Waals surface area contributed by atoms with Gasteiger partial charge < -0.3 is 33.8 Å². The summed E-state index contributed by atoms with van der Waals surface area (Å²) in [7, 11) is -9.92. The molecule has 0 fully saturated rings. The van der Waals surface area contributed by atoms with Gasteiger partial charge in [0.15, 0.2) is 12.2 Å². The Bertz CT molecular complexity index is 1880. The zero-order valence-electron chi connectivity index (χ0n) is 58.8. The number of esters is 4. The highest BCUT2D eigenvalue weighted by Gasteiger charge is 2.30. The lowest BCUT2D eigenvalue weighted by atomic mass is 10.00. The SMILES string of the molecule is CCCCCC/C=C\C=C/CCCCCCCC(=O)O[C@H](COC(=O)CCCCCCCCCCC(C)C)COP(=O)(O)OC[C@@H](O)COP(=O)(O)OC[C@@H](COC(=O)CCCCCCCCC(C)CC)OC(=O)CCCCCCCCCCCCCCC(C)C. The molecule has 0 saturated heterocycles. The third-order valence-corrected chi connectivity index (χ3v) is 18.3. The van der Waals surface area contributed by atoms with E-state index >= 15 is 0 Å². The maximum atomic E-state index is 13.0. The predicted molar refractivity (Wildman–Crippen MR) is 367 cm³/mol. The topological polar surface area (TPSA) is 237 Å². The fourth-order valence-corrected chi connectivity index (χ4v) is 11.9. The minimum atomic E-state index is -4.96. The van der Waals surface area contributed by atoms with Crippen molar-refractivity contribution in [3.05, 3.63) is 24.3 Å². The lowest BCUT2D eigenvalue weighted by Gasteiger charge is -2.21. The van der Waals surface area contributed by atoms with E-state index in [1.54, 1.807) is 0 Å². The van der Waals surface area contributed by atoms with Gasteiger partial charge >= 0.3 is 39.5 Å². The summed E-state index contributed by atoms with van der Waals surface area (Å²) in [6.45, 7) is 11.7. The Balaban J connectivity index is 5.29. The second-order valence-corrected chi connectivity index (χ2v) is 29.4. The number of carbonyl (C=O) groups is 4. The lowest BCUT2D eigenvalue weighted by molar-refractivity contribution is -0.161. The molecule has 0 aliphatic heterocycles. The molecule has 6 atom stereocenters. The van der Waals surface area contributed by atoms with Gasteiger partial charge in [-0.2, -0.15) is 0 Å². The molecule has 3 unspecified atom stereocenters. The molecule has 0 aliphatic rings. The molecule has 3 N–H and O–H groups in total. The number of allylic oxidation sites excluding steroid dienone is 4. The van der Waals surface area contributed by atoms with Crippen LogP contribution < -0.4 is 0 Å². The molecule has 0 aromatic heterocycles. The van der Waals surface area contributed by atoms with Crippen molar-refractivity contribution in [2.45, 2.75) is 356 Å². The third kappa shape index (κ3) is 64.6. The van der Waals surface area contributed by atoms with Gasteiger partial charge in [0.1, 0.15) is 19.3 Å². The van der Waals surface area contributed by atoms with Crippen LogP contribution in [-0.4, -0.2) is 96.7 Å². The molecule has 19 heteroatoms. The molecule has 0 radical (unpaired) electrons. The first-order valence-electron chi connectivity index (χ1n) is 36.7. The molecule has 0 aromatic rings. The first kappa shape index (κ1) is 88.5. The van der Waals surface area contributed by atoms with Crippen molar-refractivity contribution < 1.29 is 80.2 Å². The molecular formula is C72H136O17P2. The van der Waals surface area contributed by atoms with Crippen molar-refractivity contribution in [2.75, 3.05) is 39.6 Å². The van der Waals surface area contributed by atoms with Crippen LogP contribution in [0, 0.1) is 17.8 Å². The average molecular weight is 1340 g/mol. The Morgan fingerprint density at radius 3 is 0.978 bits per heavy atom. The fourth-order valence-electron chi connectivity index (χ4n) is 10.3. The lowest BCUT2D eigenvalue weighted by Crippen LogP contribution is -2.30. The normalized spacial score (nSPS) is 14.6. The van der Waals surface area contributed by atoms with Crippen molar-refractivity contribution in [3.8, 4) is 0 Å². The number of carbonyl (C=O) groups excluding carboxylic acids is 4. The minimum absolute atomic E-state index is 0.0840. The summed E-state index contributed by atoms with van der Waals surface area (Å²) in [6.07, 6.45) is 49.4. The van der Waals surface area contributed by atoms with E-state index < -0.39 is 97.5 Å². The van der Waals surface area contributed by atoms with E-state index in [0.717, 1.165) is 133 Å². The highest BCUT2D eigenvalue weighted by atomic mass is 31.2. The largest absolute Gasteiger partial charge is 0.472 e. The monoisotopic (exact) mass is 1330 g/mol. The van der Waals surface area contributed by atoms with Crippen molar-refractivity contribution in [2.24, 2.45) is 17.8 Å². The Kier molecular flexibility index (Phi) is 60.7. The van der Waals surface area contributed by atoms with Crippen molar-refractivity contribution >= 4 is 39.5 Å². The summed E-state index contributed by atoms with van der Waals surface area (Å²) >= 11 is 0. The van der Waals surface area contributed by atoms with Crippen molar-refractivity contribution in [1.29, 1.82) is 0 Å². The number of hydrogen-bond donors (Lipinski definition) is 3. The van der Waals surface area contributed by atoms with Crippen LogP contribution in [0.15, 0.2) is 24.3 Å². The molecule has 91 heavy (non-hydrogen) atoms. The summed E-state index contributed by atoms with van der Waals surface area (Å²) in [5.74, 6) is 0.0716. The Hall–Kier alpha value is -2.46. The van der Waals surface area contributed by atoms with Gasteiger partial charge in [-0.1, -0.05) is 285 Å². The smallest absolute Gasteiger partial charge is 0.462 e. The number of hydrogen-bond acceptors (Lipinski definition) is 15. The van der Waals surface area contributed by atoms with Crippen LogP contribution in [0.5, 0.6) is 0 Å². The van der Waals surface area contributed by atoms with Crippen LogP contribution in [0.4, 0.5) is 0 Å². The Morgan fingerprint density at radius 2 is 0.648 bits per heavy atom. The van der Waals surface area contributed by atoms with Gasteiger partial charge in [-0.05, 0) is 69.1 Å². The van der Waals surface area contributed by atoms with E-state index in [0.29, 0.717) is 25.7 Å². The Labute approximate surface area is 554 Å². The fraction of sp³-hybridized carbons (Fsp3) is 0.889. The second kappa shape index (κ2) is 62.4. The molecule has 0 saturated carbocycles. The standard InChI is InChI=1S/C72H136O17P2/c1-8-10-11-12-13-14-15-16-17-18-22-25-32-41-48-55-71(76)88-67(59-82-69(74)53-46-39-31-28-27-30-37-44-51-64(5)6)61-86-90(78,79)84-57-66(73)58-85-91(80,81)87-62-68(60-83-70(75)54-47-40-35-34-38-45-52-65(7)9-2)89-72(77)56-49-42-33-26-23-20-19-21-24-29-36-43-50-63(3)4/h14-17,63-68,73H,8-13,18-62H2,1-7H3,(H,78,79)(H,80,81)/b15-14-,17-16-/t65?,66-,67-,68-/m1/s1. The van der Waals surface area contributed by atoms with Crippen LogP contribution in [0.2, 0.25) is 0 Å². The van der Waals surface area contributed by atoms with Gasteiger partial charge in [0, 0.05) is 25.7 Å². The van der Waals surface area contributed by atoms with Crippen LogP contribution in [0.25, 0.3) is 0 Å². The van der Waals surface area contributed by atoms with E-state index in [1.807, 2.05) is 0 Å². The molecule has 0 amide bonds. The molecule has 17 nitrogen and oxygen atoms in total. The Morgan fingerprint density at radius 1 is 0.363 bits per heavy atom. The van der Waals surface area contributed by atoms with Gasteiger partial charge in [0.2, 0.25) is 0 Å².